The van der Waals surface area contributed by atoms with E-state index in [-0.39, 0.29) is 0 Å². The van der Waals surface area contributed by atoms with Crippen LogP contribution in [0.15, 0.2) is 0 Å². The van der Waals surface area contributed by atoms with E-state index in [1.807, 2.05) is 0 Å². The van der Waals surface area contributed by atoms with Crippen molar-refractivity contribution < 1.29 is 9.09 Å². The third-order valence-corrected chi connectivity index (χ3v) is 1.62. The molecule has 44 valence electrons. The van der Waals surface area contributed by atoms with Crippen LogP contribution in [0.25, 0.3) is 0 Å². The van der Waals surface area contributed by atoms with Crippen molar-refractivity contribution in [3.8, 4) is 0 Å². The SMILES string of the molecule is CO[PH](=O)N(C)C. The molecule has 0 aliphatic carbocycles. The molecule has 0 saturated heterocycles. The van der Waals surface area contributed by atoms with Crippen molar-refractivity contribution in [1.29, 1.82) is 0 Å². The quantitative estimate of drug-likeness (QED) is 0.503. The maximum absolute atomic E-state index is 10.4. The second-order valence-corrected chi connectivity index (χ2v) is 3.20. The molecule has 0 aromatic rings. The Kier molecular flexibility index (Phi) is 3.26. The van der Waals surface area contributed by atoms with Crippen LogP contribution >= 0.6 is 8.18 Å². The van der Waals surface area contributed by atoms with Crippen LogP contribution in [0.1, 0.15) is 0 Å². The molecule has 0 rings (SSSR count). The molecule has 4 heteroatoms. The first-order valence-corrected chi connectivity index (χ1v) is 3.20. The standard InChI is InChI=1S/C3H10NO2P/c1-4(2)7(5)6-3/h7H,1-3H3. The normalized spacial score (nSPS) is 14.9. The molecule has 0 aliphatic heterocycles. The fraction of sp³-hybridized carbons (Fsp3) is 1.00. The van der Waals surface area contributed by atoms with E-state index in [0.717, 1.165) is 0 Å². The fourth-order valence-corrected chi connectivity index (χ4v) is 0.548. The van der Waals surface area contributed by atoms with E-state index in [1.54, 1.807) is 18.8 Å². The second kappa shape index (κ2) is 3.19. The summed E-state index contributed by atoms with van der Waals surface area (Å²) in [5.74, 6) is 0. The molecule has 0 saturated carbocycles. The minimum Gasteiger partial charge on any atom is -0.323 e. The average Bonchev–Trinajstić information content (AvgIpc) is 1.65. The van der Waals surface area contributed by atoms with Crippen LogP contribution in [0.4, 0.5) is 0 Å². The summed E-state index contributed by atoms with van der Waals surface area (Å²) in [5, 5.41) is 0. The number of hydrogen-bond donors (Lipinski definition) is 0. The molecule has 0 aromatic carbocycles. The summed E-state index contributed by atoms with van der Waals surface area (Å²) < 4.78 is 16.4. The first kappa shape index (κ1) is 7.15. The summed E-state index contributed by atoms with van der Waals surface area (Å²) in [6.45, 7) is 0. The Morgan fingerprint density at radius 1 is 1.57 bits per heavy atom. The first-order chi connectivity index (χ1) is 3.18. The molecular formula is C3H10NO2P. The van der Waals surface area contributed by atoms with Gasteiger partial charge in [0.05, 0.1) is 0 Å². The Hall–Kier alpha value is 0.150. The lowest BCUT2D eigenvalue weighted by atomic mass is 11.3. The van der Waals surface area contributed by atoms with E-state index in [9.17, 15) is 4.57 Å². The van der Waals surface area contributed by atoms with E-state index in [2.05, 4.69) is 4.52 Å². The summed E-state index contributed by atoms with van der Waals surface area (Å²) in [5.41, 5.74) is 0. The van der Waals surface area contributed by atoms with Crippen LogP contribution in [0, 0.1) is 0 Å². The monoisotopic (exact) mass is 123 g/mol. The van der Waals surface area contributed by atoms with Crippen molar-refractivity contribution in [3.63, 3.8) is 0 Å². The van der Waals surface area contributed by atoms with Gasteiger partial charge in [-0.25, -0.2) is 4.67 Å². The summed E-state index contributed by atoms with van der Waals surface area (Å²) >= 11 is 0. The Labute approximate surface area is 44.2 Å². The summed E-state index contributed by atoms with van der Waals surface area (Å²) in [4.78, 5) is 0. The van der Waals surface area contributed by atoms with E-state index in [0.29, 0.717) is 0 Å². The zero-order chi connectivity index (χ0) is 5.86. The predicted molar refractivity (Wildman–Crippen MR) is 29.7 cm³/mol. The molecule has 0 fully saturated rings. The van der Waals surface area contributed by atoms with Gasteiger partial charge < -0.3 is 4.52 Å². The summed E-state index contributed by atoms with van der Waals surface area (Å²) in [7, 11) is 3.00. The lowest BCUT2D eigenvalue weighted by Crippen LogP contribution is -1.98. The molecule has 0 heterocycles. The summed E-state index contributed by atoms with van der Waals surface area (Å²) in [6.07, 6.45) is 0. The third-order valence-electron chi connectivity index (χ3n) is 0.540. The van der Waals surface area contributed by atoms with Crippen LogP contribution in [0.5, 0.6) is 0 Å². The van der Waals surface area contributed by atoms with Gasteiger partial charge in [0.25, 0.3) is 8.18 Å². The maximum Gasteiger partial charge on any atom is 0.260 e. The largest absolute Gasteiger partial charge is 0.323 e. The smallest absolute Gasteiger partial charge is 0.260 e. The van der Waals surface area contributed by atoms with Gasteiger partial charge in [-0.15, -0.1) is 0 Å². The minimum absolute atomic E-state index is 1.43. The molecule has 0 aromatic heterocycles. The van der Waals surface area contributed by atoms with Crippen LogP contribution in [-0.4, -0.2) is 25.9 Å². The first-order valence-electron chi connectivity index (χ1n) is 1.93. The molecule has 0 amide bonds. The second-order valence-electron chi connectivity index (χ2n) is 1.36. The molecule has 3 nitrogen and oxygen atoms in total. The van der Waals surface area contributed by atoms with Gasteiger partial charge in [-0.05, 0) is 14.1 Å². The number of rotatable bonds is 2. The van der Waals surface area contributed by atoms with Crippen molar-refractivity contribution in [1.82, 2.24) is 4.67 Å². The highest BCUT2D eigenvalue weighted by Crippen LogP contribution is 2.21. The third kappa shape index (κ3) is 2.80. The van der Waals surface area contributed by atoms with E-state index < -0.39 is 8.18 Å². The van der Waals surface area contributed by atoms with Gasteiger partial charge in [-0.3, -0.25) is 4.57 Å². The molecule has 1 atom stereocenters. The van der Waals surface area contributed by atoms with Gasteiger partial charge in [0, 0.05) is 7.11 Å². The van der Waals surface area contributed by atoms with Gasteiger partial charge in [-0.2, -0.15) is 0 Å². The Bertz CT molecular complexity index is 73.3. The fourth-order valence-electron chi connectivity index (χ4n) is 0.183. The Morgan fingerprint density at radius 3 is 2.00 bits per heavy atom. The molecule has 0 radical (unpaired) electrons. The van der Waals surface area contributed by atoms with Crippen molar-refractivity contribution >= 4 is 8.18 Å². The molecule has 0 spiro atoms. The van der Waals surface area contributed by atoms with Gasteiger partial charge >= 0.3 is 0 Å². The molecule has 1 unspecified atom stereocenters. The summed E-state index contributed by atoms with van der Waals surface area (Å²) in [6, 6.07) is 0. The highest BCUT2D eigenvalue weighted by molar-refractivity contribution is 7.36. The molecule has 7 heavy (non-hydrogen) atoms. The Balaban J connectivity index is 3.35. The molecule has 0 bridgehead atoms. The topological polar surface area (TPSA) is 29.5 Å². The predicted octanol–water partition coefficient (Wildman–Crippen LogP) is 0.584. The molecule has 0 aliphatic rings. The van der Waals surface area contributed by atoms with E-state index in [1.165, 1.54) is 7.11 Å². The lowest BCUT2D eigenvalue weighted by Gasteiger charge is -2.04. The van der Waals surface area contributed by atoms with E-state index >= 15 is 0 Å². The zero-order valence-electron chi connectivity index (χ0n) is 4.76. The van der Waals surface area contributed by atoms with Gasteiger partial charge in [0.2, 0.25) is 0 Å². The highest BCUT2D eigenvalue weighted by atomic mass is 31.1. The van der Waals surface area contributed by atoms with Crippen molar-refractivity contribution in [2.45, 2.75) is 0 Å². The van der Waals surface area contributed by atoms with Gasteiger partial charge in [0.1, 0.15) is 0 Å². The van der Waals surface area contributed by atoms with Crippen molar-refractivity contribution in [2.24, 2.45) is 0 Å². The molecular weight excluding hydrogens is 113 g/mol. The van der Waals surface area contributed by atoms with E-state index in [4.69, 9.17) is 0 Å². The van der Waals surface area contributed by atoms with Crippen molar-refractivity contribution in [2.75, 3.05) is 21.2 Å². The highest BCUT2D eigenvalue weighted by Gasteiger charge is 1.94. The zero-order valence-corrected chi connectivity index (χ0v) is 5.76. The number of hydrogen-bond acceptors (Lipinski definition) is 2. The van der Waals surface area contributed by atoms with Gasteiger partial charge in [0.15, 0.2) is 0 Å². The van der Waals surface area contributed by atoms with Crippen LogP contribution in [0.2, 0.25) is 0 Å². The van der Waals surface area contributed by atoms with Gasteiger partial charge in [-0.1, -0.05) is 0 Å². The maximum atomic E-state index is 10.4. The number of nitrogens with zero attached hydrogens (tertiary/aromatic N) is 1. The average molecular weight is 123 g/mol. The minimum atomic E-state index is -1.86. The van der Waals surface area contributed by atoms with Crippen LogP contribution in [0.3, 0.4) is 0 Å². The molecule has 0 N–H and O–H groups in total. The van der Waals surface area contributed by atoms with Crippen LogP contribution in [-0.2, 0) is 9.09 Å². The lowest BCUT2D eigenvalue weighted by molar-refractivity contribution is 0.371. The van der Waals surface area contributed by atoms with Crippen LogP contribution < -0.4 is 0 Å². The van der Waals surface area contributed by atoms with Crippen molar-refractivity contribution in [3.05, 3.63) is 0 Å². The Morgan fingerprint density at radius 2 is 2.00 bits per heavy atom.